The van der Waals surface area contributed by atoms with Gasteiger partial charge in [-0.1, -0.05) is 12.1 Å². The fourth-order valence-electron chi connectivity index (χ4n) is 2.81. The van der Waals surface area contributed by atoms with Gasteiger partial charge >= 0.3 is 6.61 Å². The highest BCUT2D eigenvalue weighted by Crippen LogP contribution is 2.32. The molecule has 33 heavy (non-hydrogen) atoms. The molecule has 3 rings (SSSR count). The molecular formula is C22H19F2N3O5S. The number of amides is 3. The summed E-state index contributed by atoms with van der Waals surface area (Å²) >= 11 is 0.826. The number of nitrogens with zero attached hydrogens (tertiary/aromatic N) is 2. The molecule has 0 bridgehead atoms. The molecule has 1 saturated heterocycles. The van der Waals surface area contributed by atoms with Crippen molar-refractivity contribution in [2.45, 2.75) is 6.61 Å². The molecule has 0 aliphatic carbocycles. The van der Waals surface area contributed by atoms with Crippen LogP contribution in [0.4, 0.5) is 13.6 Å². The lowest BCUT2D eigenvalue weighted by Gasteiger charge is -2.12. The molecule has 0 radical (unpaired) electrons. The Morgan fingerprint density at radius 3 is 2.76 bits per heavy atom. The van der Waals surface area contributed by atoms with Gasteiger partial charge in [-0.25, -0.2) is 0 Å². The van der Waals surface area contributed by atoms with Gasteiger partial charge in [0, 0.05) is 31.6 Å². The number of pyridine rings is 1. The lowest BCUT2D eigenvalue weighted by molar-refractivity contribution is -0.123. The van der Waals surface area contributed by atoms with Gasteiger partial charge in [-0.2, -0.15) is 8.78 Å². The third-order valence-corrected chi connectivity index (χ3v) is 5.23. The number of methoxy groups -OCH3 is 1. The Labute approximate surface area is 192 Å². The van der Waals surface area contributed by atoms with Crippen molar-refractivity contribution in [2.24, 2.45) is 0 Å². The molecule has 11 heteroatoms. The van der Waals surface area contributed by atoms with E-state index in [-0.39, 0.29) is 29.5 Å². The van der Waals surface area contributed by atoms with Gasteiger partial charge in [-0.15, -0.1) is 0 Å². The Morgan fingerprint density at radius 2 is 2.06 bits per heavy atom. The molecule has 1 aliphatic heterocycles. The summed E-state index contributed by atoms with van der Waals surface area (Å²) in [5.41, 5.74) is 1.22. The van der Waals surface area contributed by atoms with Crippen LogP contribution in [-0.2, 0) is 9.59 Å². The summed E-state index contributed by atoms with van der Waals surface area (Å²) in [6, 6.07) is 7.72. The molecular weight excluding hydrogens is 456 g/mol. The fraction of sp³-hybridized carbons (Fsp3) is 0.182. The molecule has 172 valence electrons. The highest BCUT2D eigenvalue weighted by molar-refractivity contribution is 8.18. The van der Waals surface area contributed by atoms with Crippen LogP contribution in [0.3, 0.4) is 0 Å². The number of alkyl halides is 2. The van der Waals surface area contributed by atoms with Crippen LogP contribution in [-0.4, -0.2) is 53.7 Å². The maximum atomic E-state index is 12.5. The molecule has 1 N–H and O–H groups in total. The summed E-state index contributed by atoms with van der Waals surface area (Å²) < 4.78 is 34.1. The molecule has 0 saturated carbocycles. The molecule has 0 atom stereocenters. The highest BCUT2D eigenvalue weighted by Gasteiger charge is 2.34. The Hall–Kier alpha value is -3.73. The molecule has 1 aromatic carbocycles. The second kappa shape index (κ2) is 11.2. The third-order valence-electron chi connectivity index (χ3n) is 4.32. The first kappa shape index (κ1) is 23.9. The minimum absolute atomic E-state index is 0.0160. The fourth-order valence-corrected chi connectivity index (χ4v) is 3.67. The number of carbonyl (C=O) groups is 3. The first-order chi connectivity index (χ1) is 15.9. The predicted molar refractivity (Wildman–Crippen MR) is 119 cm³/mol. The van der Waals surface area contributed by atoms with Crippen LogP contribution in [0.25, 0.3) is 12.2 Å². The molecule has 1 fully saturated rings. The summed E-state index contributed by atoms with van der Waals surface area (Å²) in [6.07, 6.45) is 7.47. The number of rotatable bonds is 9. The lowest BCUT2D eigenvalue weighted by atomic mass is 10.2. The molecule has 8 nitrogen and oxygen atoms in total. The van der Waals surface area contributed by atoms with Gasteiger partial charge in [0.05, 0.1) is 12.0 Å². The number of imide groups is 1. The Morgan fingerprint density at radius 1 is 1.24 bits per heavy atom. The van der Waals surface area contributed by atoms with Crippen molar-refractivity contribution in [3.8, 4) is 11.5 Å². The Balaban J connectivity index is 1.52. The number of nitrogens with one attached hydrogen (secondary N) is 1. The van der Waals surface area contributed by atoms with Gasteiger partial charge in [-0.3, -0.25) is 24.3 Å². The number of ether oxygens (including phenoxy) is 2. The minimum Gasteiger partial charge on any atom is -0.493 e. The highest BCUT2D eigenvalue weighted by atomic mass is 32.2. The van der Waals surface area contributed by atoms with E-state index in [9.17, 15) is 23.2 Å². The van der Waals surface area contributed by atoms with E-state index in [2.05, 4.69) is 15.0 Å². The number of halogens is 2. The summed E-state index contributed by atoms with van der Waals surface area (Å²) in [6.45, 7) is -2.91. The maximum absolute atomic E-state index is 12.5. The smallest absolute Gasteiger partial charge is 0.387 e. The number of hydrogen-bond acceptors (Lipinski definition) is 7. The standard InChI is InChI=1S/C22H19F2N3O5S/c1-31-17-11-14(4-6-16(17)32-21(23)24)5-7-19(28)26-9-10-27-20(29)18(33-22(27)30)12-15-3-2-8-25-13-15/h2-8,11-13,21H,9-10H2,1H3,(H,26,28). The Bertz CT molecular complexity index is 1090. The Kier molecular flexibility index (Phi) is 8.14. The summed E-state index contributed by atoms with van der Waals surface area (Å²) in [5.74, 6) is -0.919. The summed E-state index contributed by atoms with van der Waals surface area (Å²) in [4.78, 5) is 42.0. The molecule has 1 aromatic heterocycles. The van der Waals surface area contributed by atoms with E-state index in [1.807, 2.05) is 0 Å². The molecule has 1 aliphatic rings. The van der Waals surface area contributed by atoms with Crippen LogP contribution in [0, 0.1) is 0 Å². The molecule has 3 amide bonds. The van der Waals surface area contributed by atoms with E-state index in [0.29, 0.717) is 11.1 Å². The first-order valence-electron chi connectivity index (χ1n) is 9.61. The first-order valence-corrected chi connectivity index (χ1v) is 10.4. The molecule has 0 spiro atoms. The second-order valence-corrected chi connectivity index (χ2v) is 7.53. The van der Waals surface area contributed by atoms with Crippen molar-refractivity contribution >= 4 is 41.0 Å². The van der Waals surface area contributed by atoms with E-state index in [4.69, 9.17) is 4.74 Å². The second-order valence-electron chi connectivity index (χ2n) is 6.53. The quantitative estimate of drug-likeness (QED) is 0.554. The number of hydrogen-bond donors (Lipinski definition) is 1. The van der Waals surface area contributed by atoms with Crippen molar-refractivity contribution in [3.05, 3.63) is 64.8 Å². The minimum atomic E-state index is -2.99. The maximum Gasteiger partial charge on any atom is 0.387 e. The van der Waals surface area contributed by atoms with E-state index in [1.54, 1.807) is 30.6 Å². The SMILES string of the molecule is COc1cc(C=CC(=O)NCCN2C(=O)SC(=Cc3cccnc3)C2=O)ccc1OC(F)F. The van der Waals surface area contributed by atoms with Gasteiger partial charge in [0.2, 0.25) is 5.91 Å². The zero-order chi connectivity index (χ0) is 23.8. The van der Waals surface area contributed by atoms with Gasteiger partial charge in [0.25, 0.3) is 11.1 Å². The van der Waals surface area contributed by atoms with Crippen molar-refractivity contribution < 1.29 is 32.6 Å². The van der Waals surface area contributed by atoms with Crippen molar-refractivity contribution in [1.82, 2.24) is 15.2 Å². The van der Waals surface area contributed by atoms with Crippen molar-refractivity contribution in [3.63, 3.8) is 0 Å². The van der Waals surface area contributed by atoms with Crippen LogP contribution in [0.2, 0.25) is 0 Å². The summed E-state index contributed by atoms with van der Waals surface area (Å²) in [5, 5.41) is 2.17. The van der Waals surface area contributed by atoms with Gasteiger partial charge in [-0.05, 0) is 53.2 Å². The van der Waals surface area contributed by atoms with Crippen LogP contribution in [0.15, 0.2) is 53.7 Å². The van der Waals surface area contributed by atoms with E-state index in [0.717, 1.165) is 16.7 Å². The van der Waals surface area contributed by atoms with Crippen LogP contribution < -0.4 is 14.8 Å². The molecule has 0 unspecified atom stereocenters. The van der Waals surface area contributed by atoms with Crippen LogP contribution in [0.5, 0.6) is 11.5 Å². The largest absolute Gasteiger partial charge is 0.493 e. The van der Waals surface area contributed by atoms with E-state index in [1.165, 1.54) is 37.5 Å². The van der Waals surface area contributed by atoms with Crippen molar-refractivity contribution in [2.75, 3.05) is 20.2 Å². The number of thioether (sulfide) groups is 1. The van der Waals surface area contributed by atoms with Gasteiger partial charge in [0.15, 0.2) is 11.5 Å². The average Bonchev–Trinajstić information content (AvgIpc) is 3.06. The van der Waals surface area contributed by atoms with Crippen molar-refractivity contribution in [1.29, 1.82) is 0 Å². The summed E-state index contributed by atoms with van der Waals surface area (Å²) in [7, 11) is 1.31. The zero-order valence-corrected chi connectivity index (χ0v) is 18.2. The number of benzene rings is 1. The average molecular weight is 475 g/mol. The van der Waals surface area contributed by atoms with E-state index < -0.39 is 23.7 Å². The molecule has 2 heterocycles. The van der Waals surface area contributed by atoms with E-state index >= 15 is 0 Å². The predicted octanol–water partition coefficient (Wildman–Crippen LogP) is 3.56. The zero-order valence-electron chi connectivity index (χ0n) is 17.4. The van der Waals surface area contributed by atoms with Crippen LogP contribution in [0.1, 0.15) is 11.1 Å². The normalized spacial score (nSPS) is 15.0. The molecule has 2 aromatic rings. The lowest BCUT2D eigenvalue weighted by Crippen LogP contribution is -2.36. The third kappa shape index (κ3) is 6.62. The van der Waals surface area contributed by atoms with Gasteiger partial charge < -0.3 is 14.8 Å². The topological polar surface area (TPSA) is 97.8 Å². The number of carbonyl (C=O) groups excluding carboxylic acids is 3. The van der Waals surface area contributed by atoms with Gasteiger partial charge in [0.1, 0.15) is 0 Å². The number of aromatic nitrogens is 1. The monoisotopic (exact) mass is 475 g/mol. The van der Waals surface area contributed by atoms with Crippen LogP contribution >= 0.6 is 11.8 Å².